The first-order valence-corrected chi connectivity index (χ1v) is 8.51. The molecule has 2 N–H and O–H groups in total. The quantitative estimate of drug-likeness (QED) is 0.852. The molecule has 2 amide bonds. The van der Waals surface area contributed by atoms with E-state index in [-0.39, 0.29) is 6.03 Å². The lowest BCUT2D eigenvalue weighted by atomic mass is 10.2. The molecule has 22 heavy (non-hydrogen) atoms. The number of ether oxygens (including phenoxy) is 2. The summed E-state index contributed by atoms with van der Waals surface area (Å²) >= 11 is 4.99. The van der Waals surface area contributed by atoms with Gasteiger partial charge in [-0.05, 0) is 39.7 Å². The van der Waals surface area contributed by atoms with Gasteiger partial charge in [-0.2, -0.15) is 0 Å². The Morgan fingerprint density at radius 3 is 2.68 bits per heavy atom. The van der Waals surface area contributed by atoms with Crippen LogP contribution in [0.15, 0.2) is 34.1 Å². The highest BCUT2D eigenvalue weighted by atomic mass is 79.9. The van der Waals surface area contributed by atoms with Crippen LogP contribution in [0.3, 0.4) is 0 Å². The van der Waals surface area contributed by atoms with E-state index in [1.165, 1.54) is 0 Å². The first-order chi connectivity index (χ1) is 10.7. The van der Waals surface area contributed by atoms with Crippen LogP contribution in [0, 0.1) is 0 Å². The van der Waals surface area contributed by atoms with E-state index in [4.69, 9.17) is 9.47 Å². The Morgan fingerprint density at radius 2 is 1.91 bits per heavy atom. The highest BCUT2D eigenvalue weighted by molar-refractivity contribution is 9.10. The molecule has 1 aliphatic rings. The molecule has 0 radical (unpaired) electrons. The van der Waals surface area contributed by atoms with Gasteiger partial charge in [0.15, 0.2) is 11.5 Å². The van der Waals surface area contributed by atoms with Crippen LogP contribution >= 0.6 is 27.3 Å². The van der Waals surface area contributed by atoms with Gasteiger partial charge in [0.2, 0.25) is 0 Å². The second kappa shape index (κ2) is 7.02. The molecule has 1 aliphatic heterocycles. The summed E-state index contributed by atoms with van der Waals surface area (Å²) in [5.74, 6) is 1.48. The lowest BCUT2D eigenvalue weighted by molar-refractivity contribution is 0.171. The van der Waals surface area contributed by atoms with Crippen molar-refractivity contribution < 1.29 is 14.3 Å². The minimum atomic E-state index is -0.195. The van der Waals surface area contributed by atoms with Crippen LogP contribution in [0.25, 0.3) is 0 Å². The number of hydrogen-bond donors (Lipinski definition) is 2. The highest BCUT2D eigenvalue weighted by Gasteiger charge is 2.12. The monoisotopic (exact) mass is 382 g/mol. The average Bonchev–Trinajstić information content (AvgIpc) is 2.96. The normalized spacial score (nSPS) is 12.8. The minimum absolute atomic E-state index is 0.195. The second-order valence-corrected chi connectivity index (χ2v) is 6.66. The van der Waals surface area contributed by atoms with Crippen molar-refractivity contribution in [2.24, 2.45) is 0 Å². The maximum Gasteiger partial charge on any atom is 0.315 e. The predicted molar refractivity (Wildman–Crippen MR) is 88.5 cm³/mol. The molecule has 0 unspecified atom stereocenters. The Labute approximate surface area is 140 Å². The number of carbonyl (C=O) groups excluding carboxylic acids is 1. The molecule has 1 aromatic carbocycles. The van der Waals surface area contributed by atoms with Gasteiger partial charge in [0, 0.05) is 21.3 Å². The fourth-order valence-corrected chi connectivity index (χ4v) is 3.45. The molecule has 116 valence electrons. The topological polar surface area (TPSA) is 59.6 Å². The summed E-state index contributed by atoms with van der Waals surface area (Å²) in [6, 6.07) is 7.48. The number of hydrogen-bond acceptors (Lipinski definition) is 4. The molecule has 7 heteroatoms. The van der Waals surface area contributed by atoms with Gasteiger partial charge in [0.25, 0.3) is 0 Å². The zero-order valence-corrected chi connectivity index (χ0v) is 14.1. The van der Waals surface area contributed by atoms with Gasteiger partial charge in [-0.3, -0.25) is 0 Å². The number of carbonyl (C=O) groups is 1. The largest absolute Gasteiger partial charge is 0.486 e. The van der Waals surface area contributed by atoms with Crippen LogP contribution in [0.5, 0.6) is 11.5 Å². The van der Waals surface area contributed by atoms with Crippen molar-refractivity contribution in [1.82, 2.24) is 10.6 Å². The lowest BCUT2D eigenvalue weighted by Gasteiger charge is -2.19. The van der Waals surface area contributed by atoms with E-state index in [0.29, 0.717) is 26.3 Å². The second-order valence-electron chi connectivity index (χ2n) is 4.75. The zero-order chi connectivity index (χ0) is 15.4. The van der Waals surface area contributed by atoms with E-state index in [2.05, 4.69) is 26.6 Å². The van der Waals surface area contributed by atoms with E-state index in [1.54, 1.807) is 11.3 Å². The fourth-order valence-electron chi connectivity index (χ4n) is 2.06. The third-order valence-electron chi connectivity index (χ3n) is 3.10. The summed E-state index contributed by atoms with van der Waals surface area (Å²) in [6.45, 7) is 2.09. The smallest absolute Gasteiger partial charge is 0.315 e. The Balaban J connectivity index is 1.48. The van der Waals surface area contributed by atoms with Crippen LogP contribution in [-0.2, 0) is 13.1 Å². The summed E-state index contributed by atoms with van der Waals surface area (Å²) in [7, 11) is 0. The molecule has 0 spiro atoms. The molecule has 0 fully saturated rings. The number of fused-ring (bicyclic) bond motifs is 1. The molecule has 5 nitrogen and oxygen atoms in total. The van der Waals surface area contributed by atoms with Gasteiger partial charge in [-0.25, -0.2) is 4.79 Å². The minimum Gasteiger partial charge on any atom is -0.486 e. The number of urea groups is 1. The van der Waals surface area contributed by atoms with Gasteiger partial charge >= 0.3 is 6.03 Å². The number of rotatable bonds is 4. The molecule has 0 saturated heterocycles. The van der Waals surface area contributed by atoms with Gasteiger partial charge in [-0.1, -0.05) is 6.07 Å². The average molecular weight is 383 g/mol. The maximum atomic E-state index is 11.8. The third kappa shape index (κ3) is 3.92. The van der Waals surface area contributed by atoms with Gasteiger partial charge in [0.1, 0.15) is 13.2 Å². The molecule has 0 atom stereocenters. The van der Waals surface area contributed by atoms with E-state index in [9.17, 15) is 4.79 Å². The molecular weight excluding hydrogens is 368 g/mol. The van der Waals surface area contributed by atoms with Crippen molar-refractivity contribution in [2.75, 3.05) is 13.2 Å². The summed E-state index contributed by atoms with van der Waals surface area (Å²) < 4.78 is 12.0. The van der Waals surface area contributed by atoms with Crippen molar-refractivity contribution in [3.63, 3.8) is 0 Å². The Hall–Kier alpha value is -1.73. The van der Waals surface area contributed by atoms with Crippen molar-refractivity contribution in [1.29, 1.82) is 0 Å². The number of nitrogens with one attached hydrogen (secondary N) is 2. The molecule has 1 aromatic heterocycles. The predicted octanol–water partition coefficient (Wildman–Crippen LogP) is 3.28. The van der Waals surface area contributed by atoms with E-state index in [0.717, 1.165) is 26.4 Å². The summed E-state index contributed by atoms with van der Waals surface area (Å²) in [6.07, 6.45) is 0. The first kappa shape index (κ1) is 15.2. The van der Waals surface area contributed by atoms with Gasteiger partial charge in [-0.15, -0.1) is 11.3 Å². The number of amides is 2. The fraction of sp³-hybridized carbons (Fsp3) is 0.267. The highest BCUT2D eigenvalue weighted by Crippen LogP contribution is 2.30. The van der Waals surface area contributed by atoms with Crippen LogP contribution in [0.1, 0.15) is 10.4 Å². The number of thiophene rings is 1. The molecule has 0 saturated carbocycles. The molecular formula is C15H15BrN2O3S. The number of halogens is 1. The van der Waals surface area contributed by atoms with Gasteiger partial charge < -0.3 is 20.1 Å². The third-order valence-corrected chi connectivity index (χ3v) is 4.80. The van der Waals surface area contributed by atoms with Crippen molar-refractivity contribution >= 4 is 33.3 Å². The molecule has 2 heterocycles. The standard InChI is InChI=1S/C15H15BrN2O3S/c16-11-6-12(22-9-11)8-18-15(19)17-7-10-1-2-13-14(5-10)21-4-3-20-13/h1-2,5-6,9H,3-4,7-8H2,(H2,17,18,19). The van der Waals surface area contributed by atoms with E-state index >= 15 is 0 Å². The molecule has 0 bridgehead atoms. The first-order valence-electron chi connectivity index (χ1n) is 6.84. The van der Waals surface area contributed by atoms with E-state index < -0.39 is 0 Å². The van der Waals surface area contributed by atoms with Crippen LogP contribution in [0.2, 0.25) is 0 Å². The summed E-state index contributed by atoms with van der Waals surface area (Å²) in [5, 5.41) is 7.65. The number of benzene rings is 1. The Bertz CT molecular complexity index is 675. The Kier molecular flexibility index (Phi) is 4.84. The van der Waals surface area contributed by atoms with Gasteiger partial charge in [0.05, 0.1) is 6.54 Å². The molecule has 3 rings (SSSR count). The summed E-state index contributed by atoms with van der Waals surface area (Å²) in [5.41, 5.74) is 0.971. The summed E-state index contributed by atoms with van der Waals surface area (Å²) in [4.78, 5) is 12.9. The maximum absolute atomic E-state index is 11.8. The van der Waals surface area contributed by atoms with Crippen LogP contribution in [0.4, 0.5) is 4.79 Å². The van der Waals surface area contributed by atoms with Crippen LogP contribution in [-0.4, -0.2) is 19.2 Å². The molecule has 2 aromatic rings. The molecule has 0 aliphatic carbocycles. The van der Waals surface area contributed by atoms with Crippen LogP contribution < -0.4 is 20.1 Å². The van der Waals surface area contributed by atoms with Crippen molar-refractivity contribution in [2.45, 2.75) is 13.1 Å². The van der Waals surface area contributed by atoms with E-state index in [1.807, 2.05) is 29.6 Å². The zero-order valence-electron chi connectivity index (χ0n) is 11.7. The lowest BCUT2D eigenvalue weighted by Crippen LogP contribution is -2.34. The SMILES string of the molecule is O=C(NCc1ccc2c(c1)OCCO2)NCc1cc(Br)cs1. The van der Waals surface area contributed by atoms with Crippen molar-refractivity contribution in [3.8, 4) is 11.5 Å². The van der Waals surface area contributed by atoms with Crippen molar-refractivity contribution in [3.05, 3.63) is 44.6 Å². The Morgan fingerprint density at radius 1 is 1.14 bits per heavy atom.